The summed E-state index contributed by atoms with van der Waals surface area (Å²) >= 11 is 0. The van der Waals surface area contributed by atoms with Crippen LogP contribution in [0.5, 0.6) is 5.75 Å². The highest BCUT2D eigenvalue weighted by molar-refractivity contribution is 7.86. The second-order valence-electron chi connectivity index (χ2n) is 4.54. The number of nitrogens with one attached hydrogen (secondary N) is 1. The Morgan fingerprint density at radius 3 is 2.32 bits per heavy atom. The lowest BCUT2D eigenvalue weighted by Gasteiger charge is -2.13. The monoisotopic (exact) mass is 323 g/mol. The van der Waals surface area contributed by atoms with Crippen LogP contribution in [0.25, 0.3) is 10.8 Å². The first-order chi connectivity index (χ1) is 10.2. The van der Waals surface area contributed by atoms with Crippen molar-refractivity contribution in [2.24, 2.45) is 0 Å². The Morgan fingerprint density at radius 1 is 1.09 bits per heavy atom. The number of amides is 1. The fourth-order valence-electron chi connectivity index (χ4n) is 2.06. The van der Waals surface area contributed by atoms with Gasteiger partial charge in [0.2, 0.25) is 5.91 Å². The van der Waals surface area contributed by atoms with Gasteiger partial charge in [-0.05, 0) is 12.1 Å². The van der Waals surface area contributed by atoms with E-state index < -0.39 is 21.0 Å². The van der Waals surface area contributed by atoms with Crippen LogP contribution in [0.4, 0.5) is 5.69 Å². The Bertz CT molecular complexity index is 872. The number of rotatable bonds is 3. The van der Waals surface area contributed by atoms with Crippen LogP contribution in [0.15, 0.2) is 35.2 Å². The predicted molar refractivity (Wildman–Crippen MR) is 79.4 cm³/mol. The number of fused-ring (bicyclic) bond motifs is 1. The molecule has 2 N–H and O–H groups in total. The topological polar surface area (TPSA) is 110 Å². The number of hydrogen-bond donors (Lipinski definition) is 2. The lowest BCUT2D eigenvalue weighted by Crippen LogP contribution is -2.09. The van der Waals surface area contributed by atoms with Crippen LogP contribution in [0, 0.1) is 0 Å². The molecule has 116 valence electrons. The SMILES string of the molecule is CC(=O)Nc1cccc2c(OC(C)=O)c(S(=O)(=O)O)ccc12. The molecule has 0 heterocycles. The van der Waals surface area contributed by atoms with E-state index in [0.29, 0.717) is 11.1 Å². The molecule has 0 saturated carbocycles. The maximum absolute atomic E-state index is 11.4. The average molecular weight is 323 g/mol. The van der Waals surface area contributed by atoms with Gasteiger partial charge in [-0.3, -0.25) is 14.1 Å². The van der Waals surface area contributed by atoms with Crippen LogP contribution in [0.3, 0.4) is 0 Å². The number of benzene rings is 2. The second kappa shape index (κ2) is 5.74. The maximum atomic E-state index is 11.4. The normalized spacial score (nSPS) is 11.2. The summed E-state index contributed by atoms with van der Waals surface area (Å²) in [6.45, 7) is 2.45. The van der Waals surface area contributed by atoms with E-state index in [9.17, 15) is 22.6 Å². The number of esters is 1. The molecule has 2 aromatic carbocycles. The van der Waals surface area contributed by atoms with Crippen LogP contribution < -0.4 is 10.1 Å². The molecule has 1 amide bonds. The van der Waals surface area contributed by atoms with E-state index in [4.69, 9.17) is 4.74 Å². The van der Waals surface area contributed by atoms with Gasteiger partial charge in [-0.2, -0.15) is 8.42 Å². The maximum Gasteiger partial charge on any atom is 0.308 e. The average Bonchev–Trinajstić information content (AvgIpc) is 2.37. The molecule has 7 nitrogen and oxygen atoms in total. The minimum absolute atomic E-state index is 0.275. The van der Waals surface area contributed by atoms with E-state index in [0.717, 1.165) is 13.0 Å². The molecule has 0 aromatic heterocycles. The Morgan fingerprint density at radius 2 is 1.77 bits per heavy atom. The number of carbonyl (C=O) groups excluding carboxylic acids is 2. The highest BCUT2D eigenvalue weighted by Gasteiger charge is 2.21. The van der Waals surface area contributed by atoms with Gasteiger partial charge < -0.3 is 10.1 Å². The molecule has 0 unspecified atom stereocenters. The summed E-state index contributed by atoms with van der Waals surface area (Å²) in [7, 11) is -4.57. The van der Waals surface area contributed by atoms with Gasteiger partial charge in [-0.15, -0.1) is 0 Å². The van der Waals surface area contributed by atoms with Crippen molar-refractivity contribution in [3.8, 4) is 5.75 Å². The van der Waals surface area contributed by atoms with E-state index in [1.54, 1.807) is 12.1 Å². The predicted octanol–water partition coefficient (Wildman–Crippen LogP) is 1.97. The second-order valence-corrected chi connectivity index (χ2v) is 5.93. The van der Waals surface area contributed by atoms with E-state index in [2.05, 4.69) is 5.32 Å². The van der Waals surface area contributed by atoms with Crippen LogP contribution >= 0.6 is 0 Å². The summed E-state index contributed by atoms with van der Waals surface area (Å²) in [5.74, 6) is -1.32. The van der Waals surface area contributed by atoms with Gasteiger partial charge >= 0.3 is 5.97 Å². The molecule has 0 bridgehead atoms. The Labute approximate surface area is 126 Å². The molecule has 2 aromatic rings. The smallest absolute Gasteiger partial charge is 0.308 e. The summed E-state index contributed by atoms with van der Waals surface area (Å²) in [5, 5.41) is 3.34. The molecule has 0 fully saturated rings. The van der Waals surface area contributed by atoms with Crippen molar-refractivity contribution in [2.75, 3.05) is 5.32 Å². The van der Waals surface area contributed by atoms with E-state index in [1.807, 2.05) is 0 Å². The molecule has 0 spiro atoms. The minimum atomic E-state index is -4.57. The van der Waals surface area contributed by atoms with Crippen molar-refractivity contribution in [2.45, 2.75) is 18.7 Å². The summed E-state index contributed by atoms with van der Waals surface area (Å²) in [4.78, 5) is 21.9. The van der Waals surface area contributed by atoms with Gasteiger partial charge in [0, 0.05) is 30.3 Å². The van der Waals surface area contributed by atoms with Crippen molar-refractivity contribution in [3.63, 3.8) is 0 Å². The molecule has 22 heavy (non-hydrogen) atoms. The fraction of sp³-hybridized carbons (Fsp3) is 0.143. The van der Waals surface area contributed by atoms with Crippen molar-refractivity contribution < 1.29 is 27.3 Å². The standard InChI is InChI=1S/C14H13NO6S/c1-8(16)15-12-5-3-4-11-10(12)6-7-13(22(18,19)20)14(11)21-9(2)17/h3-7H,1-2H3,(H,15,16)(H,18,19,20). The van der Waals surface area contributed by atoms with Crippen LogP contribution in [0.1, 0.15) is 13.8 Å². The number of anilines is 1. The summed E-state index contributed by atoms with van der Waals surface area (Å²) in [6, 6.07) is 7.23. The molecule has 2 rings (SSSR count). The van der Waals surface area contributed by atoms with Crippen molar-refractivity contribution in [3.05, 3.63) is 30.3 Å². The Kier molecular flexibility index (Phi) is 4.16. The minimum Gasteiger partial charge on any atom is -0.425 e. The fourth-order valence-corrected chi connectivity index (χ4v) is 2.69. The molecular formula is C14H13NO6S. The summed E-state index contributed by atoms with van der Waals surface area (Å²) < 4.78 is 37.1. The first-order valence-corrected chi connectivity index (χ1v) is 7.63. The van der Waals surface area contributed by atoms with Crippen molar-refractivity contribution >= 4 is 38.5 Å². The van der Waals surface area contributed by atoms with Gasteiger partial charge in [0.25, 0.3) is 10.1 Å². The molecule has 0 aliphatic heterocycles. The molecule has 0 saturated heterocycles. The van der Waals surface area contributed by atoms with Crippen molar-refractivity contribution in [1.29, 1.82) is 0 Å². The number of carbonyl (C=O) groups is 2. The first kappa shape index (κ1) is 15.9. The molecule has 0 radical (unpaired) electrons. The van der Waals surface area contributed by atoms with Gasteiger partial charge in [0.05, 0.1) is 0 Å². The van der Waals surface area contributed by atoms with Gasteiger partial charge in [-0.1, -0.05) is 18.2 Å². The summed E-state index contributed by atoms with van der Waals surface area (Å²) in [5.41, 5.74) is 0.431. The van der Waals surface area contributed by atoms with E-state index in [1.165, 1.54) is 19.1 Å². The van der Waals surface area contributed by atoms with E-state index >= 15 is 0 Å². The molecule has 8 heteroatoms. The highest BCUT2D eigenvalue weighted by atomic mass is 32.2. The van der Waals surface area contributed by atoms with Crippen molar-refractivity contribution in [1.82, 2.24) is 0 Å². The van der Waals surface area contributed by atoms with Gasteiger partial charge in [0.1, 0.15) is 4.90 Å². The Balaban J connectivity index is 2.82. The zero-order valence-electron chi connectivity index (χ0n) is 11.8. The lowest BCUT2D eigenvalue weighted by atomic mass is 10.1. The third-order valence-electron chi connectivity index (χ3n) is 2.81. The summed E-state index contributed by atoms with van der Waals surface area (Å²) in [6.07, 6.45) is 0. The number of hydrogen-bond acceptors (Lipinski definition) is 5. The molecular weight excluding hydrogens is 310 g/mol. The highest BCUT2D eigenvalue weighted by Crippen LogP contribution is 2.36. The molecule has 0 aliphatic carbocycles. The molecule has 0 aliphatic rings. The molecule has 0 atom stereocenters. The lowest BCUT2D eigenvalue weighted by molar-refractivity contribution is -0.132. The quantitative estimate of drug-likeness (QED) is 0.508. The van der Waals surface area contributed by atoms with Crippen LogP contribution in [0.2, 0.25) is 0 Å². The van der Waals surface area contributed by atoms with E-state index in [-0.39, 0.29) is 17.0 Å². The van der Waals surface area contributed by atoms with Gasteiger partial charge in [-0.25, -0.2) is 0 Å². The third-order valence-corrected chi connectivity index (χ3v) is 3.69. The van der Waals surface area contributed by atoms with Gasteiger partial charge in [0.15, 0.2) is 5.75 Å². The first-order valence-electron chi connectivity index (χ1n) is 6.19. The largest absolute Gasteiger partial charge is 0.425 e. The van der Waals surface area contributed by atoms with Crippen LogP contribution in [-0.2, 0) is 19.7 Å². The zero-order valence-corrected chi connectivity index (χ0v) is 12.6. The zero-order chi connectivity index (χ0) is 16.5. The Hall–Kier alpha value is -2.45. The number of ether oxygens (including phenoxy) is 1. The van der Waals surface area contributed by atoms with Crippen LogP contribution in [-0.4, -0.2) is 24.8 Å². The third kappa shape index (κ3) is 3.23.